The van der Waals surface area contributed by atoms with Gasteiger partial charge in [0.25, 0.3) is 5.56 Å². The van der Waals surface area contributed by atoms with Crippen molar-refractivity contribution >= 4 is 39.1 Å². The summed E-state index contributed by atoms with van der Waals surface area (Å²) in [6.07, 6.45) is -4.58. The van der Waals surface area contributed by atoms with Crippen molar-refractivity contribution in [2.45, 2.75) is 24.5 Å². The van der Waals surface area contributed by atoms with Crippen LogP contribution < -0.4 is 11.2 Å². The quantitative estimate of drug-likeness (QED) is 0.109. The lowest BCUT2D eigenvalue weighted by atomic mass is 10.1. The summed E-state index contributed by atoms with van der Waals surface area (Å²) in [5.41, 5.74) is -1.51. The summed E-state index contributed by atoms with van der Waals surface area (Å²) in [4.78, 5) is 91.1. The zero-order valence-electron chi connectivity index (χ0n) is 17.7. The third kappa shape index (κ3) is 13.1. The highest BCUT2D eigenvalue weighted by Gasteiger charge is 2.45. The molecule has 38 heavy (non-hydrogen) atoms. The number of aliphatic hydroxyl groups is 2. The Bertz CT molecular complexity index is 1280. The van der Waals surface area contributed by atoms with Gasteiger partial charge in [-0.05, 0) is 0 Å². The molecule has 24 nitrogen and oxygen atoms in total. The summed E-state index contributed by atoms with van der Waals surface area (Å²) in [5, 5.41) is 19.6. The topological polar surface area (TPSA) is 389 Å². The Morgan fingerprint density at radius 2 is 1.26 bits per heavy atom. The molecule has 1 aromatic heterocycles. The lowest BCUT2D eigenvalue weighted by Gasteiger charge is -2.16. The van der Waals surface area contributed by atoms with E-state index in [1.165, 1.54) is 0 Å². The molecular formula is C9H19N2O22P5. The first-order valence-electron chi connectivity index (χ1n) is 8.75. The molecule has 0 spiro atoms. The number of aromatic nitrogens is 2. The van der Waals surface area contributed by atoms with E-state index in [4.69, 9.17) is 43.9 Å². The van der Waals surface area contributed by atoms with Crippen molar-refractivity contribution in [3.8, 4) is 0 Å². The third-order valence-corrected chi connectivity index (χ3v) is 8.98. The molecule has 29 heteroatoms. The minimum absolute atomic E-state index is 0.648. The molecule has 1 aliphatic heterocycles. The maximum absolute atomic E-state index is 11.6. The van der Waals surface area contributed by atoms with E-state index in [1.807, 2.05) is 4.98 Å². The second-order valence-electron chi connectivity index (χ2n) is 6.51. The zero-order chi connectivity index (χ0) is 29.9. The number of aromatic amines is 1. The molecule has 1 aromatic rings. The van der Waals surface area contributed by atoms with E-state index in [1.54, 1.807) is 0 Å². The van der Waals surface area contributed by atoms with Crippen LogP contribution >= 0.6 is 39.1 Å². The van der Waals surface area contributed by atoms with Crippen molar-refractivity contribution < 1.29 is 94.4 Å². The van der Waals surface area contributed by atoms with E-state index in [2.05, 4.69) is 17.5 Å². The first kappa shape index (κ1) is 35.3. The zero-order valence-corrected chi connectivity index (χ0v) is 22.2. The second kappa shape index (κ2) is 12.8. The van der Waals surface area contributed by atoms with Crippen LogP contribution in [0, 0.1) is 0 Å². The molecule has 1 aliphatic rings. The van der Waals surface area contributed by atoms with Gasteiger partial charge in [0.1, 0.15) is 18.3 Å². The van der Waals surface area contributed by atoms with Crippen LogP contribution in [0.3, 0.4) is 0 Å². The van der Waals surface area contributed by atoms with Crippen LogP contribution in [0.15, 0.2) is 21.9 Å². The number of ether oxygens (including phenoxy) is 1. The van der Waals surface area contributed by atoms with Gasteiger partial charge in [0.15, 0.2) is 6.23 Å². The van der Waals surface area contributed by atoms with Crippen molar-refractivity contribution in [2.75, 3.05) is 6.61 Å². The maximum Gasteiger partial charge on any atom is 0.490 e. The van der Waals surface area contributed by atoms with E-state index in [-0.39, 0.29) is 0 Å². The minimum atomic E-state index is -5.77. The molecule has 11 N–H and O–H groups in total. The molecule has 0 aromatic carbocycles. The normalized spacial score (nSPS) is 25.6. The first-order valence-corrected chi connectivity index (χ1v) is 16.3. The van der Waals surface area contributed by atoms with Crippen LogP contribution in [0.2, 0.25) is 0 Å². The molecule has 0 amide bonds. The van der Waals surface area contributed by atoms with E-state index < -0.39 is 81.5 Å². The molecule has 1 fully saturated rings. The fourth-order valence-electron chi connectivity index (χ4n) is 2.32. The van der Waals surface area contributed by atoms with Gasteiger partial charge in [-0.15, -0.1) is 0 Å². The monoisotopic (exact) mass is 662 g/mol. The number of phosphoric acid groups is 5. The van der Waals surface area contributed by atoms with Crippen LogP contribution in [0.25, 0.3) is 0 Å². The van der Waals surface area contributed by atoms with Crippen molar-refractivity contribution in [1.82, 2.24) is 9.55 Å². The van der Waals surface area contributed by atoms with E-state index in [0.29, 0.717) is 0 Å². The standard InChI is InChI=1S/C9H13N2O9P.H6O13P4/c12-5-1-2-11(9(15)10-5)8-7(14)6(13)4(20-8)3-19-21(16,17)18;1-14(2,3)11-16(7,8)13-17(9,10)12-15(4,5)6/h1-2,4,6-8,13-14H,3H2,(H,10,12,15)(H2,16,17,18);(H,7,8)(H,9,10)(H2,1,2,3)(H2,4,5,6)/t4-,6-,7-,8-;/m1./s1. The smallest absolute Gasteiger partial charge is 0.387 e. The van der Waals surface area contributed by atoms with E-state index in [9.17, 15) is 42.6 Å². The van der Waals surface area contributed by atoms with Gasteiger partial charge in [0, 0.05) is 12.3 Å². The van der Waals surface area contributed by atoms with E-state index in [0.717, 1.165) is 16.8 Å². The molecule has 1 saturated heterocycles. The lowest BCUT2D eigenvalue weighted by molar-refractivity contribution is -0.0543. The molecule has 222 valence electrons. The second-order valence-corrected chi connectivity index (χ2v) is 13.5. The van der Waals surface area contributed by atoms with Gasteiger partial charge in [-0.25, -0.2) is 27.6 Å². The summed E-state index contributed by atoms with van der Waals surface area (Å²) in [5.74, 6) is 0. The Hall–Kier alpha value is -0.770. The first-order chi connectivity index (χ1) is 16.8. The van der Waals surface area contributed by atoms with Gasteiger partial charge in [-0.1, -0.05) is 0 Å². The average Bonchev–Trinajstić information content (AvgIpc) is 2.89. The van der Waals surface area contributed by atoms with Crippen LogP contribution in [0.5, 0.6) is 0 Å². The Balaban J connectivity index is 0.000000391. The molecule has 6 atom stereocenters. The molecule has 0 bridgehead atoms. The molecule has 2 rings (SSSR count). The van der Waals surface area contributed by atoms with Crippen LogP contribution in [-0.4, -0.2) is 83.8 Å². The van der Waals surface area contributed by atoms with Crippen LogP contribution in [-0.2, 0) is 45.0 Å². The van der Waals surface area contributed by atoms with Gasteiger partial charge in [-0.3, -0.25) is 18.9 Å². The van der Waals surface area contributed by atoms with Crippen LogP contribution in [0.4, 0.5) is 0 Å². The van der Waals surface area contributed by atoms with Gasteiger partial charge in [-0.2, -0.15) is 12.9 Å². The Labute approximate surface area is 207 Å². The maximum atomic E-state index is 11.6. The number of hydrogen-bond acceptors (Lipinski definition) is 14. The number of hydrogen-bond donors (Lipinski definition) is 11. The summed E-state index contributed by atoms with van der Waals surface area (Å²) in [6.45, 7) is -0.683. The number of nitrogens with zero attached hydrogens (tertiary/aromatic N) is 1. The summed E-state index contributed by atoms with van der Waals surface area (Å²) in [7, 11) is -27.4. The molecule has 0 saturated carbocycles. The predicted molar refractivity (Wildman–Crippen MR) is 112 cm³/mol. The molecular weight excluding hydrogens is 643 g/mol. The van der Waals surface area contributed by atoms with Crippen LogP contribution in [0.1, 0.15) is 6.23 Å². The van der Waals surface area contributed by atoms with Gasteiger partial charge in [0.2, 0.25) is 0 Å². The summed E-state index contributed by atoms with van der Waals surface area (Å²) in [6, 6.07) is 1.02. The fourth-order valence-corrected chi connectivity index (χ4v) is 6.63. The molecule has 0 radical (unpaired) electrons. The highest BCUT2D eigenvalue weighted by Crippen LogP contribution is 2.69. The van der Waals surface area contributed by atoms with E-state index >= 15 is 0 Å². The van der Waals surface area contributed by atoms with Crippen molar-refractivity contribution in [3.63, 3.8) is 0 Å². The van der Waals surface area contributed by atoms with Crippen molar-refractivity contribution in [2.24, 2.45) is 0 Å². The molecule has 0 aliphatic carbocycles. The van der Waals surface area contributed by atoms with Gasteiger partial charge >= 0.3 is 44.8 Å². The minimum Gasteiger partial charge on any atom is -0.387 e. The van der Waals surface area contributed by atoms with Crippen molar-refractivity contribution in [3.05, 3.63) is 33.1 Å². The third-order valence-electron chi connectivity index (χ3n) is 3.49. The number of phosphoric ester groups is 1. The number of aliphatic hydroxyl groups excluding tert-OH is 2. The number of H-pyrrole nitrogens is 1. The largest absolute Gasteiger partial charge is 0.490 e. The molecule has 2 heterocycles. The lowest BCUT2D eigenvalue weighted by Crippen LogP contribution is -2.37. The molecule has 2 unspecified atom stereocenters. The SMILES string of the molecule is O=P(O)(O)OP(=O)(O)OP(=O)(O)OP(=O)(O)O.O=c1ccn([C@@H]2O[C@H](COP(=O)(O)O)[C@@H](O)[C@H]2O)c(=O)[nH]1. The number of rotatable bonds is 10. The predicted octanol–water partition coefficient (Wildman–Crippen LogP) is -3.31. The fraction of sp³-hybridized carbons (Fsp3) is 0.556. The van der Waals surface area contributed by atoms with Gasteiger partial charge in [0.05, 0.1) is 6.61 Å². The average molecular weight is 662 g/mol. The number of nitrogens with one attached hydrogen (secondary N) is 1. The summed E-state index contributed by atoms with van der Waals surface area (Å²) >= 11 is 0. The van der Waals surface area contributed by atoms with Crippen molar-refractivity contribution in [1.29, 1.82) is 0 Å². The summed E-state index contributed by atoms with van der Waals surface area (Å²) < 4.78 is 71.7. The highest BCUT2D eigenvalue weighted by atomic mass is 31.3. The highest BCUT2D eigenvalue weighted by molar-refractivity contribution is 7.69. The Morgan fingerprint density at radius 3 is 1.66 bits per heavy atom. The van der Waals surface area contributed by atoms with Gasteiger partial charge < -0.3 is 54.1 Å². The Morgan fingerprint density at radius 1 is 0.789 bits per heavy atom. The Kier molecular flexibility index (Phi) is 11.9.